The number of aromatic nitrogens is 3. The molecule has 0 spiro atoms. The number of rotatable bonds is 5. The Morgan fingerprint density at radius 2 is 2.04 bits per heavy atom. The Balaban J connectivity index is 1.38. The Morgan fingerprint density at radius 1 is 1.26 bits per heavy atom. The maximum absolute atomic E-state index is 13.8. The van der Waals surface area contributed by atoms with Gasteiger partial charge in [-0.1, -0.05) is 41.6 Å². The van der Waals surface area contributed by atoms with Crippen molar-refractivity contribution in [1.29, 1.82) is 0 Å². The number of para-hydroxylation sites is 1. The molecule has 0 saturated carbocycles. The highest BCUT2D eigenvalue weighted by molar-refractivity contribution is 5.91. The van der Waals surface area contributed by atoms with Crippen LogP contribution in [0.4, 0.5) is 4.39 Å². The van der Waals surface area contributed by atoms with E-state index in [1.807, 2.05) is 24.3 Å². The van der Waals surface area contributed by atoms with Crippen LogP contribution in [0, 0.1) is 5.82 Å². The van der Waals surface area contributed by atoms with Crippen LogP contribution in [-0.4, -0.2) is 45.5 Å². The van der Waals surface area contributed by atoms with E-state index in [1.165, 1.54) is 16.9 Å². The van der Waals surface area contributed by atoms with Gasteiger partial charge < -0.3 is 9.64 Å². The summed E-state index contributed by atoms with van der Waals surface area (Å²) < 4.78 is 21.1. The molecule has 1 aliphatic rings. The molecule has 0 N–H and O–H groups in total. The third-order valence-corrected chi connectivity index (χ3v) is 4.59. The van der Waals surface area contributed by atoms with Crippen LogP contribution in [0.15, 0.2) is 54.7 Å². The number of amides is 1. The first-order chi connectivity index (χ1) is 13.1. The highest BCUT2D eigenvalue weighted by atomic mass is 19.1. The Morgan fingerprint density at radius 3 is 2.85 bits per heavy atom. The van der Waals surface area contributed by atoms with Gasteiger partial charge in [0.05, 0.1) is 19.3 Å². The van der Waals surface area contributed by atoms with Crippen LogP contribution in [-0.2, 0) is 13.0 Å². The van der Waals surface area contributed by atoms with Gasteiger partial charge in [0, 0.05) is 19.0 Å². The Bertz CT molecular complexity index is 947. The Kier molecular flexibility index (Phi) is 4.58. The lowest BCUT2D eigenvalue weighted by molar-refractivity contribution is 0.0724. The zero-order chi connectivity index (χ0) is 18.8. The number of carbonyl (C=O) groups is 1. The standard InChI is InChI=1S/C20H19FN4O2/c1-24(12-16-10-14-6-3-5-9-19(14)27-16)20(26)18-13-25(23-22-18)11-15-7-2-4-8-17(15)21/h2-9,13,16H,10-12H2,1H3/t16-/m1/s1. The van der Waals surface area contributed by atoms with E-state index < -0.39 is 0 Å². The van der Waals surface area contributed by atoms with Crippen molar-refractivity contribution < 1.29 is 13.9 Å². The second kappa shape index (κ2) is 7.19. The number of likely N-dealkylation sites (N-methyl/N-ethyl adjacent to an activating group) is 1. The fourth-order valence-electron chi connectivity index (χ4n) is 3.21. The minimum atomic E-state index is -0.309. The number of nitrogens with zero attached hydrogens (tertiary/aromatic N) is 4. The number of fused-ring (bicyclic) bond motifs is 1. The van der Waals surface area contributed by atoms with Gasteiger partial charge in [0.25, 0.3) is 5.91 Å². The van der Waals surface area contributed by atoms with Gasteiger partial charge in [-0.05, 0) is 17.7 Å². The lowest BCUT2D eigenvalue weighted by Gasteiger charge is -2.20. The molecule has 6 nitrogen and oxygen atoms in total. The molecule has 0 unspecified atom stereocenters. The van der Waals surface area contributed by atoms with E-state index in [2.05, 4.69) is 10.3 Å². The predicted octanol–water partition coefficient (Wildman–Crippen LogP) is 2.54. The summed E-state index contributed by atoms with van der Waals surface area (Å²) in [5.41, 5.74) is 1.87. The Hall–Kier alpha value is -3.22. The zero-order valence-corrected chi connectivity index (χ0v) is 14.9. The fourth-order valence-corrected chi connectivity index (χ4v) is 3.21. The maximum atomic E-state index is 13.8. The highest BCUT2D eigenvalue weighted by Crippen LogP contribution is 2.28. The van der Waals surface area contributed by atoms with Gasteiger partial charge in [-0.25, -0.2) is 9.07 Å². The van der Waals surface area contributed by atoms with E-state index in [0.717, 1.165) is 17.7 Å². The molecule has 0 radical (unpaired) electrons. The van der Waals surface area contributed by atoms with Gasteiger partial charge >= 0.3 is 0 Å². The number of ether oxygens (including phenoxy) is 1. The molecule has 1 aliphatic heterocycles. The van der Waals surface area contributed by atoms with Crippen LogP contribution < -0.4 is 4.74 Å². The summed E-state index contributed by atoms with van der Waals surface area (Å²) in [5.74, 6) is 0.324. The smallest absolute Gasteiger partial charge is 0.275 e. The number of hydrogen-bond acceptors (Lipinski definition) is 4. The SMILES string of the molecule is CN(C[C@H]1Cc2ccccc2O1)C(=O)c1cn(Cc2ccccc2F)nn1. The molecule has 2 aromatic carbocycles. The van der Waals surface area contributed by atoms with Gasteiger partial charge in [-0.15, -0.1) is 5.10 Å². The molecule has 0 saturated heterocycles. The molecule has 1 amide bonds. The normalized spacial score (nSPS) is 15.3. The van der Waals surface area contributed by atoms with Crippen LogP contribution >= 0.6 is 0 Å². The van der Waals surface area contributed by atoms with Gasteiger partial charge in [-0.2, -0.15) is 0 Å². The van der Waals surface area contributed by atoms with Crippen molar-refractivity contribution in [2.45, 2.75) is 19.1 Å². The van der Waals surface area contributed by atoms with Crippen LogP contribution in [0.1, 0.15) is 21.6 Å². The van der Waals surface area contributed by atoms with Gasteiger partial charge in [0.2, 0.25) is 0 Å². The molecule has 138 valence electrons. The van der Waals surface area contributed by atoms with Crippen molar-refractivity contribution in [3.8, 4) is 5.75 Å². The minimum absolute atomic E-state index is 0.0789. The highest BCUT2D eigenvalue weighted by Gasteiger charge is 2.26. The molecule has 7 heteroatoms. The molecular weight excluding hydrogens is 347 g/mol. The minimum Gasteiger partial charge on any atom is -0.488 e. The third-order valence-electron chi connectivity index (χ3n) is 4.59. The van der Waals surface area contributed by atoms with Crippen molar-refractivity contribution in [2.75, 3.05) is 13.6 Å². The summed E-state index contributed by atoms with van der Waals surface area (Å²) in [6.45, 7) is 0.672. The summed E-state index contributed by atoms with van der Waals surface area (Å²) in [7, 11) is 1.71. The lowest BCUT2D eigenvalue weighted by Crippen LogP contribution is -2.36. The largest absolute Gasteiger partial charge is 0.488 e. The number of hydrogen-bond donors (Lipinski definition) is 0. The van der Waals surface area contributed by atoms with E-state index in [4.69, 9.17) is 4.74 Å². The van der Waals surface area contributed by atoms with Crippen LogP contribution in [0.3, 0.4) is 0 Å². The molecule has 0 bridgehead atoms. The summed E-state index contributed by atoms with van der Waals surface area (Å²) in [5, 5.41) is 7.88. The third kappa shape index (κ3) is 3.67. The van der Waals surface area contributed by atoms with Gasteiger partial charge in [0.1, 0.15) is 17.7 Å². The molecule has 2 heterocycles. The number of carbonyl (C=O) groups excluding carboxylic acids is 1. The van der Waals surface area contributed by atoms with Crippen molar-refractivity contribution in [1.82, 2.24) is 19.9 Å². The van der Waals surface area contributed by atoms with E-state index in [0.29, 0.717) is 12.1 Å². The lowest BCUT2D eigenvalue weighted by atomic mass is 10.1. The van der Waals surface area contributed by atoms with Crippen molar-refractivity contribution in [3.05, 3.63) is 77.4 Å². The zero-order valence-electron chi connectivity index (χ0n) is 14.9. The van der Waals surface area contributed by atoms with Crippen LogP contribution in [0.2, 0.25) is 0 Å². The Labute approximate surface area is 156 Å². The summed E-state index contributed by atoms with van der Waals surface area (Å²) in [6, 6.07) is 14.3. The average Bonchev–Trinajstić information content (AvgIpc) is 3.29. The van der Waals surface area contributed by atoms with E-state index in [9.17, 15) is 9.18 Å². The first-order valence-electron chi connectivity index (χ1n) is 8.73. The first-order valence-corrected chi connectivity index (χ1v) is 8.73. The molecule has 1 aromatic heterocycles. The van der Waals surface area contributed by atoms with E-state index in [1.54, 1.807) is 30.1 Å². The molecule has 1 atom stereocenters. The molecule has 0 aliphatic carbocycles. The van der Waals surface area contributed by atoms with Crippen LogP contribution in [0.5, 0.6) is 5.75 Å². The van der Waals surface area contributed by atoms with Gasteiger partial charge in [-0.3, -0.25) is 4.79 Å². The molecule has 27 heavy (non-hydrogen) atoms. The molecule has 0 fully saturated rings. The summed E-state index contributed by atoms with van der Waals surface area (Å²) >= 11 is 0. The average molecular weight is 366 g/mol. The summed E-state index contributed by atoms with van der Waals surface area (Å²) in [6.07, 6.45) is 2.23. The molecule has 4 rings (SSSR count). The van der Waals surface area contributed by atoms with Crippen molar-refractivity contribution in [2.24, 2.45) is 0 Å². The first kappa shape index (κ1) is 17.2. The molecule has 3 aromatic rings. The second-order valence-corrected chi connectivity index (χ2v) is 6.63. The van der Waals surface area contributed by atoms with Crippen molar-refractivity contribution >= 4 is 5.91 Å². The van der Waals surface area contributed by atoms with Crippen molar-refractivity contribution in [3.63, 3.8) is 0 Å². The van der Waals surface area contributed by atoms with E-state index in [-0.39, 0.29) is 30.1 Å². The predicted molar refractivity (Wildman–Crippen MR) is 97.0 cm³/mol. The summed E-state index contributed by atoms with van der Waals surface area (Å²) in [4.78, 5) is 14.2. The van der Waals surface area contributed by atoms with E-state index >= 15 is 0 Å². The van der Waals surface area contributed by atoms with Crippen LogP contribution in [0.25, 0.3) is 0 Å². The molecular formula is C20H19FN4O2. The fraction of sp³-hybridized carbons (Fsp3) is 0.250. The quantitative estimate of drug-likeness (QED) is 0.696. The maximum Gasteiger partial charge on any atom is 0.275 e. The monoisotopic (exact) mass is 366 g/mol. The second-order valence-electron chi connectivity index (χ2n) is 6.63. The number of benzene rings is 2. The number of halogens is 1. The van der Waals surface area contributed by atoms with Gasteiger partial charge in [0.15, 0.2) is 5.69 Å². The topological polar surface area (TPSA) is 60.2 Å².